The summed E-state index contributed by atoms with van der Waals surface area (Å²) in [6, 6.07) is 8.78. The second-order valence-corrected chi connectivity index (χ2v) is 7.84. The number of rotatable bonds is 9. The Morgan fingerprint density at radius 2 is 2.00 bits per heavy atom. The Morgan fingerprint density at radius 3 is 2.76 bits per heavy atom. The SMILES string of the molecule is Cl.O=c1[nH]nc2c(NCCCc3cccc(OCCN4CCOCC4)c3)cc(C(F)(F)F)cn12. The molecule has 1 fully saturated rings. The van der Waals surface area contributed by atoms with Crippen LogP contribution in [-0.2, 0) is 17.3 Å². The highest BCUT2D eigenvalue weighted by atomic mass is 35.5. The second kappa shape index (κ2) is 11.6. The van der Waals surface area contributed by atoms with Gasteiger partial charge in [-0.25, -0.2) is 14.3 Å². The summed E-state index contributed by atoms with van der Waals surface area (Å²) in [6.07, 6.45) is -2.43. The number of alkyl halides is 3. The number of aromatic amines is 1. The van der Waals surface area contributed by atoms with Crippen LogP contribution in [0.4, 0.5) is 18.9 Å². The number of pyridine rings is 1. The molecule has 4 rings (SSSR count). The highest BCUT2D eigenvalue weighted by Gasteiger charge is 2.32. The Kier molecular flexibility index (Phi) is 8.81. The number of anilines is 1. The van der Waals surface area contributed by atoms with Crippen molar-refractivity contribution in [2.75, 3.05) is 51.3 Å². The predicted molar refractivity (Wildman–Crippen MR) is 124 cm³/mol. The topological polar surface area (TPSA) is 83.9 Å². The van der Waals surface area contributed by atoms with E-state index in [0.29, 0.717) is 19.6 Å². The van der Waals surface area contributed by atoms with Gasteiger partial charge in [0.15, 0.2) is 5.65 Å². The molecule has 2 N–H and O–H groups in total. The van der Waals surface area contributed by atoms with Crippen LogP contribution in [0.15, 0.2) is 41.3 Å². The van der Waals surface area contributed by atoms with Gasteiger partial charge >= 0.3 is 11.9 Å². The zero-order chi connectivity index (χ0) is 23.3. The number of aromatic nitrogens is 3. The van der Waals surface area contributed by atoms with E-state index >= 15 is 0 Å². The number of ether oxygens (including phenoxy) is 2. The van der Waals surface area contributed by atoms with Crippen molar-refractivity contribution < 1.29 is 22.6 Å². The zero-order valence-corrected chi connectivity index (χ0v) is 19.3. The van der Waals surface area contributed by atoms with Crippen LogP contribution in [0, 0.1) is 0 Å². The van der Waals surface area contributed by atoms with E-state index < -0.39 is 17.4 Å². The van der Waals surface area contributed by atoms with Crippen molar-refractivity contribution in [1.82, 2.24) is 19.5 Å². The first-order chi connectivity index (χ1) is 15.9. The summed E-state index contributed by atoms with van der Waals surface area (Å²) >= 11 is 0. The van der Waals surface area contributed by atoms with Crippen molar-refractivity contribution in [1.29, 1.82) is 0 Å². The lowest BCUT2D eigenvalue weighted by molar-refractivity contribution is -0.137. The van der Waals surface area contributed by atoms with Gasteiger partial charge in [0.2, 0.25) is 0 Å². The van der Waals surface area contributed by atoms with Crippen molar-refractivity contribution in [2.24, 2.45) is 0 Å². The first-order valence-electron chi connectivity index (χ1n) is 10.8. The Bertz CT molecular complexity index is 1130. The zero-order valence-electron chi connectivity index (χ0n) is 18.4. The number of H-pyrrole nitrogens is 1. The molecule has 3 aromatic rings. The molecule has 2 aromatic heterocycles. The average molecular weight is 502 g/mol. The fraction of sp³-hybridized carbons (Fsp3) is 0.455. The molecule has 0 atom stereocenters. The number of nitrogens with zero attached hydrogens (tertiary/aromatic N) is 3. The Balaban J connectivity index is 0.00000324. The largest absolute Gasteiger partial charge is 0.492 e. The molecular formula is C22H27ClF3N5O3. The Labute approximate surface area is 200 Å². The first kappa shape index (κ1) is 25.9. The summed E-state index contributed by atoms with van der Waals surface area (Å²) in [6.45, 7) is 5.21. The standard InChI is InChI=1S/C22H26F3N5O3.ClH/c23-22(24,25)17-14-19(20-27-28-21(31)30(20)15-17)26-6-2-4-16-3-1-5-18(13-16)33-12-9-29-7-10-32-11-8-29;/h1,3,5,13-15,26H,2,4,6-12H2,(H,28,31);1H. The summed E-state index contributed by atoms with van der Waals surface area (Å²) in [5.41, 5.74) is -0.273. The summed E-state index contributed by atoms with van der Waals surface area (Å²) < 4.78 is 51.6. The van der Waals surface area contributed by atoms with Crippen LogP contribution in [0.1, 0.15) is 17.5 Å². The van der Waals surface area contributed by atoms with E-state index in [-0.39, 0.29) is 23.7 Å². The minimum Gasteiger partial charge on any atom is -0.492 e. The van der Waals surface area contributed by atoms with Gasteiger partial charge in [-0.05, 0) is 36.6 Å². The van der Waals surface area contributed by atoms with Crippen molar-refractivity contribution in [3.63, 3.8) is 0 Å². The van der Waals surface area contributed by atoms with Gasteiger partial charge in [-0.15, -0.1) is 12.4 Å². The Hall–Kier alpha value is -2.76. The third-order valence-corrected chi connectivity index (χ3v) is 5.48. The molecule has 0 unspecified atom stereocenters. The minimum absolute atomic E-state index is 0. The number of hydrogen-bond acceptors (Lipinski definition) is 6. The van der Waals surface area contributed by atoms with E-state index in [1.54, 1.807) is 0 Å². The number of hydrogen-bond donors (Lipinski definition) is 2. The molecule has 186 valence electrons. The normalized spacial score (nSPS) is 14.7. The second-order valence-electron chi connectivity index (χ2n) is 7.84. The molecule has 34 heavy (non-hydrogen) atoms. The summed E-state index contributed by atoms with van der Waals surface area (Å²) in [5.74, 6) is 0.796. The lowest BCUT2D eigenvalue weighted by Gasteiger charge is -2.26. The van der Waals surface area contributed by atoms with E-state index in [1.165, 1.54) is 0 Å². The molecule has 0 radical (unpaired) electrons. The lowest BCUT2D eigenvalue weighted by Crippen LogP contribution is -2.38. The van der Waals surface area contributed by atoms with Crippen molar-refractivity contribution >= 4 is 23.7 Å². The molecule has 0 bridgehead atoms. The van der Waals surface area contributed by atoms with Crippen LogP contribution in [0.5, 0.6) is 5.75 Å². The van der Waals surface area contributed by atoms with Gasteiger partial charge in [0.05, 0.1) is 24.5 Å². The third-order valence-electron chi connectivity index (χ3n) is 5.48. The van der Waals surface area contributed by atoms with E-state index in [9.17, 15) is 18.0 Å². The first-order valence-corrected chi connectivity index (χ1v) is 10.8. The maximum Gasteiger partial charge on any atom is 0.417 e. The highest BCUT2D eigenvalue weighted by Crippen LogP contribution is 2.31. The quantitative estimate of drug-likeness (QED) is 0.438. The maximum absolute atomic E-state index is 13.2. The van der Waals surface area contributed by atoms with Crippen LogP contribution >= 0.6 is 12.4 Å². The molecule has 3 heterocycles. The molecule has 1 aliphatic heterocycles. The molecule has 0 aliphatic carbocycles. The molecule has 0 spiro atoms. The van der Waals surface area contributed by atoms with Gasteiger partial charge in [-0.2, -0.15) is 18.3 Å². The fourth-order valence-corrected chi connectivity index (χ4v) is 3.72. The average Bonchev–Trinajstić information content (AvgIpc) is 3.18. The van der Waals surface area contributed by atoms with Crippen LogP contribution in [0.2, 0.25) is 0 Å². The summed E-state index contributed by atoms with van der Waals surface area (Å²) in [7, 11) is 0. The van der Waals surface area contributed by atoms with Crippen LogP contribution < -0.4 is 15.7 Å². The van der Waals surface area contributed by atoms with Gasteiger partial charge in [-0.1, -0.05) is 12.1 Å². The third kappa shape index (κ3) is 6.64. The highest BCUT2D eigenvalue weighted by molar-refractivity contribution is 5.85. The summed E-state index contributed by atoms with van der Waals surface area (Å²) in [5, 5.41) is 8.98. The van der Waals surface area contributed by atoms with Crippen LogP contribution in [-0.4, -0.2) is 65.5 Å². The fourth-order valence-electron chi connectivity index (χ4n) is 3.72. The number of morpholine rings is 1. The van der Waals surface area contributed by atoms with Crippen molar-refractivity contribution in [3.05, 3.63) is 58.1 Å². The number of halogens is 4. The molecule has 1 aromatic carbocycles. The van der Waals surface area contributed by atoms with Gasteiger partial charge in [0, 0.05) is 32.4 Å². The van der Waals surface area contributed by atoms with Gasteiger partial charge in [-0.3, -0.25) is 4.90 Å². The predicted octanol–water partition coefficient (Wildman–Crippen LogP) is 3.22. The van der Waals surface area contributed by atoms with E-state index in [0.717, 1.165) is 67.2 Å². The minimum atomic E-state index is -4.57. The molecule has 1 saturated heterocycles. The van der Waals surface area contributed by atoms with Crippen LogP contribution in [0.3, 0.4) is 0 Å². The number of benzene rings is 1. The smallest absolute Gasteiger partial charge is 0.417 e. The molecule has 1 aliphatic rings. The van der Waals surface area contributed by atoms with Crippen molar-refractivity contribution in [2.45, 2.75) is 19.0 Å². The van der Waals surface area contributed by atoms with Crippen LogP contribution in [0.25, 0.3) is 5.65 Å². The number of nitrogens with one attached hydrogen (secondary N) is 2. The van der Waals surface area contributed by atoms with E-state index in [2.05, 4.69) is 20.4 Å². The van der Waals surface area contributed by atoms with E-state index in [1.807, 2.05) is 24.3 Å². The molecule has 12 heteroatoms. The van der Waals surface area contributed by atoms with Gasteiger partial charge in [0.25, 0.3) is 0 Å². The molecular weight excluding hydrogens is 475 g/mol. The molecule has 8 nitrogen and oxygen atoms in total. The number of aryl methyl sites for hydroxylation is 1. The number of fused-ring (bicyclic) bond motifs is 1. The van der Waals surface area contributed by atoms with Gasteiger partial charge < -0.3 is 14.8 Å². The van der Waals surface area contributed by atoms with Crippen molar-refractivity contribution in [3.8, 4) is 5.75 Å². The monoisotopic (exact) mass is 501 g/mol. The van der Waals surface area contributed by atoms with E-state index in [4.69, 9.17) is 9.47 Å². The maximum atomic E-state index is 13.2. The summed E-state index contributed by atoms with van der Waals surface area (Å²) in [4.78, 5) is 14.1. The van der Waals surface area contributed by atoms with Gasteiger partial charge in [0.1, 0.15) is 12.4 Å². The lowest BCUT2D eigenvalue weighted by atomic mass is 10.1. The molecule has 0 saturated carbocycles. The molecule has 0 amide bonds. The Morgan fingerprint density at radius 1 is 1.21 bits per heavy atom.